The number of nitrogens with one attached hydrogen (secondary N) is 1. The molecule has 0 saturated carbocycles. The third-order valence-electron chi connectivity index (χ3n) is 8.84. The maximum absolute atomic E-state index is 6.42. The number of piperidine rings is 2. The number of aromatic nitrogens is 2. The van der Waals surface area contributed by atoms with E-state index in [2.05, 4.69) is 64.2 Å². The van der Waals surface area contributed by atoms with E-state index < -0.39 is 0 Å². The Labute approximate surface area is 226 Å². The van der Waals surface area contributed by atoms with Crippen LogP contribution in [0.1, 0.15) is 62.4 Å². The molecule has 2 aromatic carbocycles. The summed E-state index contributed by atoms with van der Waals surface area (Å²) < 4.78 is 2.54. The fraction of sp³-hybridized carbons (Fsp3) is 0.536. The second-order valence-corrected chi connectivity index (χ2v) is 11.0. The van der Waals surface area contributed by atoms with Crippen LogP contribution in [0.2, 0.25) is 5.02 Å². The zero-order valence-electron chi connectivity index (χ0n) is 20.5. The first-order valence-corrected chi connectivity index (χ1v) is 13.2. The average molecular weight is 536 g/mol. The SMILES string of the molecule is Cc1nc2ccccc2n1C1CC2CC[C@@H](C1)N2CCC1(c2cccc(Cl)c2)CCNCC1.Cl.Cl. The minimum Gasteiger partial charge on any atom is -0.325 e. The Hall–Kier alpha value is -1.30. The van der Waals surface area contributed by atoms with Gasteiger partial charge in [-0.05, 0) is 107 Å². The van der Waals surface area contributed by atoms with Gasteiger partial charge >= 0.3 is 0 Å². The average Bonchev–Trinajstić information content (AvgIpc) is 3.29. The van der Waals surface area contributed by atoms with E-state index in [1.165, 1.54) is 68.4 Å². The molecule has 0 spiro atoms. The van der Waals surface area contributed by atoms with Crippen LogP contribution in [0.25, 0.3) is 11.0 Å². The van der Waals surface area contributed by atoms with Crippen LogP contribution in [0.3, 0.4) is 0 Å². The summed E-state index contributed by atoms with van der Waals surface area (Å²) in [6.07, 6.45) is 8.85. The molecule has 35 heavy (non-hydrogen) atoms. The number of para-hydroxylation sites is 2. The van der Waals surface area contributed by atoms with Crippen molar-refractivity contribution in [1.82, 2.24) is 19.8 Å². The van der Waals surface area contributed by atoms with E-state index in [1.54, 1.807) is 0 Å². The Balaban J connectivity index is 0.00000144. The Morgan fingerprint density at radius 2 is 1.69 bits per heavy atom. The molecular formula is C28H37Cl3N4. The summed E-state index contributed by atoms with van der Waals surface area (Å²) in [4.78, 5) is 7.73. The maximum atomic E-state index is 6.42. The largest absolute Gasteiger partial charge is 0.325 e. The van der Waals surface area contributed by atoms with Crippen molar-refractivity contribution in [2.75, 3.05) is 19.6 Å². The smallest absolute Gasteiger partial charge is 0.106 e. The maximum Gasteiger partial charge on any atom is 0.106 e. The van der Waals surface area contributed by atoms with Crippen molar-refractivity contribution in [1.29, 1.82) is 0 Å². The first kappa shape index (κ1) is 26.8. The Morgan fingerprint density at radius 1 is 0.971 bits per heavy atom. The van der Waals surface area contributed by atoms with Gasteiger partial charge in [-0.3, -0.25) is 4.90 Å². The van der Waals surface area contributed by atoms with Gasteiger partial charge in [0.05, 0.1) is 11.0 Å². The molecule has 2 bridgehead atoms. The highest BCUT2D eigenvalue weighted by molar-refractivity contribution is 6.30. The summed E-state index contributed by atoms with van der Waals surface area (Å²) in [6.45, 7) is 5.60. The van der Waals surface area contributed by atoms with Crippen LogP contribution in [-0.2, 0) is 5.41 Å². The van der Waals surface area contributed by atoms with Crippen LogP contribution >= 0.6 is 36.4 Å². The van der Waals surface area contributed by atoms with Crippen molar-refractivity contribution in [3.05, 3.63) is 64.9 Å². The fourth-order valence-electron chi connectivity index (χ4n) is 7.20. The van der Waals surface area contributed by atoms with Gasteiger partial charge in [0, 0.05) is 23.1 Å². The summed E-state index contributed by atoms with van der Waals surface area (Å²) in [5, 5.41) is 4.45. The monoisotopic (exact) mass is 534 g/mol. The molecule has 4 heterocycles. The van der Waals surface area contributed by atoms with Gasteiger partial charge in [-0.1, -0.05) is 35.9 Å². The summed E-state index contributed by atoms with van der Waals surface area (Å²) >= 11 is 6.42. The molecule has 7 heteroatoms. The minimum atomic E-state index is 0. The van der Waals surface area contributed by atoms with E-state index in [0.717, 1.165) is 23.6 Å². The second-order valence-electron chi connectivity index (χ2n) is 10.6. The lowest BCUT2D eigenvalue weighted by Gasteiger charge is -2.44. The Bertz CT molecular complexity index is 1130. The molecule has 3 aliphatic heterocycles. The third kappa shape index (κ3) is 4.98. The van der Waals surface area contributed by atoms with Crippen LogP contribution in [0.15, 0.2) is 48.5 Å². The first-order chi connectivity index (χ1) is 16.1. The summed E-state index contributed by atoms with van der Waals surface area (Å²) in [7, 11) is 0. The lowest BCUT2D eigenvalue weighted by Crippen LogP contribution is -2.47. The normalized spacial score (nSPS) is 25.7. The van der Waals surface area contributed by atoms with E-state index in [4.69, 9.17) is 16.6 Å². The first-order valence-electron chi connectivity index (χ1n) is 12.8. The summed E-state index contributed by atoms with van der Waals surface area (Å²) in [5.74, 6) is 1.17. The van der Waals surface area contributed by atoms with E-state index in [-0.39, 0.29) is 30.2 Å². The molecule has 3 atom stereocenters. The van der Waals surface area contributed by atoms with Crippen LogP contribution < -0.4 is 5.32 Å². The molecule has 3 aliphatic rings. The van der Waals surface area contributed by atoms with Gasteiger partial charge in [0.1, 0.15) is 5.82 Å². The summed E-state index contributed by atoms with van der Waals surface area (Å²) in [6, 6.07) is 19.3. The predicted molar refractivity (Wildman–Crippen MR) is 151 cm³/mol. The van der Waals surface area contributed by atoms with Gasteiger partial charge in [0.25, 0.3) is 0 Å². The molecule has 4 nitrogen and oxygen atoms in total. The van der Waals surface area contributed by atoms with Crippen molar-refractivity contribution in [3.63, 3.8) is 0 Å². The molecule has 190 valence electrons. The predicted octanol–water partition coefficient (Wildman–Crippen LogP) is 6.72. The van der Waals surface area contributed by atoms with Gasteiger partial charge in [0.2, 0.25) is 0 Å². The van der Waals surface area contributed by atoms with Crippen LogP contribution in [0.4, 0.5) is 0 Å². The standard InChI is InChI=1S/C28H35ClN4.2ClH/c1-20-31-26-7-2-3-8-27(26)33(20)25-18-23-9-10-24(19-25)32(23)16-13-28(11-14-30-15-12-28)21-5-4-6-22(29)17-21;;/h2-8,17,23-25,30H,9-16,18-19H2,1H3;2*1H/t23-,24?,25?;;/m0../s1. The molecule has 3 saturated heterocycles. The van der Waals surface area contributed by atoms with Gasteiger partial charge in [-0.15, -0.1) is 24.8 Å². The lowest BCUT2D eigenvalue weighted by atomic mass is 9.70. The number of hydrogen-bond acceptors (Lipinski definition) is 3. The number of nitrogens with zero attached hydrogens (tertiary/aromatic N) is 3. The molecule has 1 N–H and O–H groups in total. The topological polar surface area (TPSA) is 33.1 Å². The van der Waals surface area contributed by atoms with Crippen LogP contribution in [0, 0.1) is 6.92 Å². The number of aryl methyl sites for hydroxylation is 1. The zero-order chi connectivity index (χ0) is 22.4. The van der Waals surface area contributed by atoms with Crippen molar-refractivity contribution >= 4 is 47.4 Å². The molecule has 3 aromatic rings. The number of rotatable bonds is 5. The molecule has 3 fully saturated rings. The zero-order valence-corrected chi connectivity index (χ0v) is 22.8. The highest BCUT2D eigenvalue weighted by atomic mass is 35.5. The Kier molecular flexibility index (Phi) is 8.39. The molecule has 2 unspecified atom stereocenters. The van der Waals surface area contributed by atoms with E-state index >= 15 is 0 Å². The quantitative estimate of drug-likeness (QED) is 0.394. The van der Waals surface area contributed by atoms with Gasteiger partial charge in [0.15, 0.2) is 0 Å². The molecular weight excluding hydrogens is 499 g/mol. The molecule has 6 rings (SSSR count). The highest BCUT2D eigenvalue weighted by Crippen LogP contribution is 2.44. The lowest BCUT2D eigenvalue weighted by molar-refractivity contribution is 0.0929. The molecule has 1 aromatic heterocycles. The third-order valence-corrected chi connectivity index (χ3v) is 9.08. The van der Waals surface area contributed by atoms with Gasteiger partial charge in [-0.2, -0.15) is 0 Å². The number of halogens is 3. The molecule has 0 radical (unpaired) electrons. The number of benzene rings is 2. The minimum absolute atomic E-state index is 0. The highest BCUT2D eigenvalue weighted by Gasteiger charge is 2.43. The van der Waals surface area contributed by atoms with Gasteiger partial charge < -0.3 is 9.88 Å². The molecule has 0 aliphatic carbocycles. The fourth-order valence-corrected chi connectivity index (χ4v) is 7.39. The van der Waals surface area contributed by atoms with E-state index in [9.17, 15) is 0 Å². The van der Waals surface area contributed by atoms with Crippen LogP contribution in [0.5, 0.6) is 0 Å². The number of fused-ring (bicyclic) bond motifs is 3. The summed E-state index contributed by atoms with van der Waals surface area (Å²) in [5.41, 5.74) is 4.14. The number of imidazole rings is 1. The van der Waals surface area contributed by atoms with Crippen molar-refractivity contribution in [3.8, 4) is 0 Å². The Morgan fingerprint density at radius 3 is 2.40 bits per heavy atom. The van der Waals surface area contributed by atoms with E-state index in [0.29, 0.717) is 18.1 Å². The van der Waals surface area contributed by atoms with Gasteiger partial charge in [-0.25, -0.2) is 4.98 Å². The van der Waals surface area contributed by atoms with Crippen molar-refractivity contribution < 1.29 is 0 Å². The second kappa shape index (κ2) is 11.0. The van der Waals surface area contributed by atoms with Crippen molar-refractivity contribution in [2.45, 2.75) is 75.4 Å². The van der Waals surface area contributed by atoms with Crippen LogP contribution in [-0.4, -0.2) is 46.2 Å². The number of hydrogen-bond donors (Lipinski definition) is 1. The van der Waals surface area contributed by atoms with Crippen molar-refractivity contribution in [2.24, 2.45) is 0 Å². The molecule has 0 amide bonds. The van der Waals surface area contributed by atoms with E-state index in [1.807, 2.05) is 6.07 Å².